The number of hydrogen-bond donors (Lipinski definition) is 0. The Kier molecular flexibility index (Phi) is 5.43. The van der Waals surface area contributed by atoms with Crippen LogP contribution >= 0.6 is 11.6 Å². The van der Waals surface area contributed by atoms with E-state index in [-0.39, 0.29) is 0 Å². The van der Waals surface area contributed by atoms with Crippen molar-refractivity contribution in [1.29, 1.82) is 0 Å². The quantitative estimate of drug-likeness (QED) is 0.782. The third-order valence-corrected chi connectivity index (χ3v) is 6.13. The highest BCUT2D eigenvalue weighted by atomic mass is 35.5. The van der Waals surface area contributed by atoms with Crippen molar-refractivity contribution >= 4 is 21.8 Å². The van der Waals surface area contributed by atoms with Gasteiger partial charge in [0.25, 0.3) is 10.2 Å². The lowest BCUT2D eigenvalue weighted by molar-refractivity contribution is 0.271. The molecule has 1 aromatic carbocycles. The molecule has 0 spiro atoms. The Bertz CT molecular complexity index is 513. The average Bonchev–Trinajstić information content (AvgIpc) is 2.48. The zero-order valence-corrected chi connectivity index (χ0v) is 13.3. The van der Waals surface area contributed by atoms with Crippen molar-refractivity contribution in [2.45, 2.75) is 19.4 Å². The van der Waals surface area contributed by atoms with Gasteiger partial charge in [-0.1, -0.05) is 30.3 Å². The van der Waals surface area contributed by atoms with Crippen LogP contribution in [0.3, 0.4) is 0 Å². The molecule has 0 aliphatic carbocycles. The minimum atomic E-state index is -3.37. The first-order valence-corrected chi connectivity index (χ1v) is 8.78. The molecule has 1 aromatic rings. The number of rotatable bonds is 5. The number of hydrogen-bond acceptors (Lipinski definition) is 2. The second-order valence-corrected chi connectivity index (χ2v) is 7.59. The molecule has 1 heterocycles. The first-order chi connectivity index (χ1) is 9.54. The van der Waals surface area contributed by atoms with Crippen molar-refractivity contribution in [1.82, 2.24) is 8.61 Å². The van der Waals surface area contributed by atoms with Crippen molar-refractivity contribution in [2.75, 3.05) is 26.0 Å². The Morgan fingerprint density at radius 2 is 1.85 bits per heavy atom. The molecule has 6 heteroatoms. The van der Waals surface area contributed by atoms with E-state index in [1.165, 1.54) is 4.31 Å². The monoisotopic (exact) mass is 316 g/mol. The smallest absolute Gasteiger partial charge is 0.195 e. The molecule has 112 valence electrons. The summed E-state index contributed by atoms with van der Waals surface area (Å²) in [4.78, 5) is 0. The van der Waals surface area contributed by atoms with Gasteiger partial charge in [0.15, 0.2) is 0 Å². The molecule has 1 fully saturated rings. The number of alkyl halides is 1. The van der Waals surface area contributed by atoms with Crippen LogP contribution in [0.5, 0.6) is 0 Å². The number of nitrogens with zero attached hydrogens (tertiary/aromatic N) is 2. The summed E-state index contributed by atoms with van der Waals surface area (Å²) in [6.45, 7) is 1.54. The van der Waals surface area contributed by atoms with E-state index in [0.717, 1.165) is 18.4 Å². The predicted molar refractivity (Wildman–Crippen MR) is 81.8 cm³/mol. The fourth-order valence-corrected chi connectivity index (χ4v) is 4.10. The largest absolute Gasteiger partial charge is 0.282 e. The van der Waals surface area contributed by atoms with E-state index < -0.39 is 10.2 Å². The van der Waals surface area contributed by atoms with Gasteiger partial charge >= 0.3 is 0 Å². The third-order valence-electron chi connectivity index (χ3n) is 3.76. The number of piperidine rings is 1. The molecule has 0 saturated carbocycles. The molecule has 20 heavy (non-hydrogen) atoms. The molecular weight excluding hydrogens is 296 g/mol. The average molecular weight is 317 g/mol. The molecule has 2 rings (SSSR count). The van der Waals surface area contributed by atoms with E-state index in [9.17, 15) is 8.42 Å². The van der Waals surface area contributed by atoms with Crippen molar-refractivity contribution in [3.05, 3.63) is 35.9 Å². The molecule has 0 bridgehead atoms. The third kappa shape index (κ3) is 3.73. The first-order valence-electron chi connectivity index (χ1n) is 6.85. The number of halogens is 1. The second kappa shape index (κ2) is 6.89. The summed E-state index contributed by atoms with van der Waals surface area (Å²) in [5.41, 5.74) is 0.995. The molecule has 0 radical (unpaired) electrons. The zero-order valence-electron chi connectivity index (χ0n) is 11.7. The molecule has 1 aliphatic heterocycles. The van der Waals surface area contributed by atoms with E-state index in [1.807, 2.05) is 30.3 Å². The van der Waals surface area contributed by atoms with Gasteiger partial charge in [-0.2, -0.15) is 17.0 Å². The van der Waals surface area contributed by atoms with Gasteiger partial charge in [-0.3, -0.25) is 0 Å². The Labute approximate surface area is 126 Å². The summed E-state index contributed by atoms with van der Waals surface area (Å²) in [6, 6.07) is 9.63. The molecular formula is C14H21ClN2O2S. The topological polar surface area (TPSA) is 40.6 Å². The van der Waals surface area contributed by atoms with E-state index in [4.69, 9.17) is 11.6 Å². The summed E-state index contributed by atoms with van der Waals surface area (Å²) in [7, 11) is -1.73. The van der Waals surface area contributed by atoms with Crippen LogP contribution in [-0.4, -0.2) is 43.0 Å². The molecule has 0 N–H and O–H groups in total. The highest BCUT2D eigenvalue weighted by Gasteiger charge is 2.30. The zero-order chi connectivity index (χ0) is 14.6. The van der Waals surface area contributed by atoms with E-state index in [1.54, 1.807) is 11.4 Å². The van der Waals surface area contributed by atoms with Gasteiger partial charge in [0, 0.05) is 32.6 Å². The molecule has 0 unspecified atom stereocenters. The SMILES string of the molecule is CN(Cc1ccccc1)S(=O)(=O)N1CCC(CCl)CC1. The predicted octanol–water partition coefficient (Wildman–Crippen LogP) is 2.31. The lowest BCUT2D eigenvalue weighted by Crippen LogP contribution is -2.45. The lowest BCUT2D eigenvalue weighted by atomic mass is 10.0. The van der Waals surface area contributed by atoms with Crippen LogP contribution in [0, 0.1) is 5.92 Å². The summed E-state index contributed by atoms with van der Waals surface area (Å²) < 4.78 is 28.0. The summed E-state index contributed by atoms with van der Waals surface area (Å²) >= 11 is 5.83. The Hall–Kier alpha value is -0.620. The Balaban J connectivity index is 1.99. The molecule has 1 saturated heterocycles. The van der Waals surface area contributed by atoms with Crippen LogP contribution in [0.15, 0.2) is 30.3 Å². The summed E-state index contributed by atoms with van der Waals surface area (Å²) in [6.07, 6.45) is 1.70. The van der Waals surface area contributed by atoms with Gasteiger partial charge in [0.1, 0.15) is 0 Å². The van der Waals surface area contributed by atoms with Crippen molar-refractivity contribution < 1.29 is 8.42 Å². The molecule has 0 amide bonds. The van der Waals surface area contributed by atoms with Crippen LogP contribution in [-0.2, 0) is 16.8 Å². The van der Waals surface area contributed by atoms with Crippen LogP contribution in [0.4, 0.5) is 0 Å². The summed E-state index contributed by atoms with van der Waals surface area (Å²) in [5.74, 6) is 1.07. The minimum absolute atomic E-state index is 0.401. The maximum Gasteiger partial charge on any atom is 0.282 e. The van der Waals surface area contributed by atoms with Crippen LogP contribution in [0.25, 0.3) is 0 Å². The lowest BCUT2D eigenvalue weighted by Gasteiger charge is -2.33. The van der Waals surface area contributed by atoms with Crippen LogP contribution in [0.2, 0.25) is 0 Å². The van der Waals surface area contributed by atoms with Crippen LogP contribution in [0.1, 0.15) is 18.4 Å². The van der Waals surface area contributed by atoms with E-state index >= 15 is 0 Å². The highest BCUT2D eigenvalue weighted by Crippen LogP contribution is 2.22. The second-order valence-electron chi connectivity index (χ2n) is 5.25. The van der Waals surface area contributed by atoms with Gasteiger partial charge in [-0.25, -0.2) is 0 Å². The Morgan fingerprint density at radius 3 is 2.40 bits per heavy atom. The fraction of sp³-hybridized carbons (Fsp3) is 0.571. The van der Waals surface area contributed by atoms with Gasteiger partial charge in [0.2, 0.25) is 0 Å². The maximum atomic E-state index is 12.5. The summed E-state index contributed by atoms with van der Waals surface area (Å²) in [5, 5.41) is 0. The minimum Gasteiger partial charge on any atom is -0.195 e. The van der Waals surface area contributed by atoms with Gasteiger partial charge in [-0.15, -0.1) is 11.6 Å². The van der Waals surface area contributed by atoms with Gasteiger partial charge < -0.3 is 0 Å². The first kappa shape index (κ1) is 15.8. The normalized spacial score (nSPS) is 18.6. The number of benzene rings is 1. The van der Waals surface area contributed by atoms with E-state index in [2.05, 4.69) is 0 Å². The molecule has 0 atom stereocenters. The Morgan fingerprint density at radius 1 is 1.25 bits per heavy atom. The standard InChI is InChI=1S/C14H21ClN2O2S/c1-16(12-14-5-3-2-4-6-14)20(18,19)17-9-7-13(11-15)8-10-17/h2-6,13H,7-12H2,1H3. The van der Waals surface area contributed by atoms with Gasteiger partial charge in [0.05, 0.1) is 0 Å². The van der Waals surface area contributed by atoms with Crippen molar-refractivity contribution in [3.8, 4) is 0 Å². The van der Waals surface area contributed by atoms with Crippen molar-refractivity contribution in [3.63, 3.8) is 0 Å². The maximum absolute atomic E-state index is 12.5. The fourth-order valence-electron chi connectivity index (χ4n) is 2.41. The van der Waals surface area contributed by atoms with Crippen LogP contribution < -0.4 is 0 Å². The molecule has 0 aromatic heterocycles. The molecule has 1 aliphatic rings. The van der Waals surface area contributed by atoms with E-state index in [0.29, 0.717) is 31.4 Å². The van der Waals surface area contributed by atoms with Crippen molar-refractivity contribution in [2.24, 2.45) is 5.92 Å². The van der Waals surface area contributed by atoms with Gasteiger partial charge in [-0.05, 0) is 24.3 Å². The highest BCUT2D eigenvalue weighted by molar-refractivity contribution is 7.86. The molecule has 4 nitrogen and oxygen atoms in total.